The van der Waals surface area contributed by atoms with E-state index in [-0.39, 0.29) is 21.6 Å². The highest BCUT2D eigenvalue weighted by atomic mass is 35.5. The number of aliphatic imine (C=N–C) groups is 1. The van der Waals surface area contributed by atoms with Crippen LogP contribution < -0.4 is 4.74 Å². The fraction of sp³-hybridized carbons (Fsp3) is 0.158. The number of rotatable bonds is 5. The summed E-state index contributed by atoms with van der Waals surface area (Å²) < 4.78 is 6.09. The second-order valence-electron chi connectivity index (χ2n) is 5.35. The van der Waals surface area contributed by atoms with Crippen LogP contribution in [0.5, 0.6) is 11.5 Å². The first-order chi connectivity index (χ1) is 12.6. The van der Waals surface area contributed by atoms with Crippen LogP contribution in [0.15, 0.2) is 53.2 Å². The van der Waals surface area contributed by atoms with Gasteiger partial charge in [0, 0.05) is 5.75 Å². The average molecular weight is 406 g/mol. The summed E-state index contributed by atoms with van der Waals surface area (Å²) in [4.78, 5) is 16.6. The molecule has 2 aromatic carbocycles. The van der Waals surface area contributed by atoms with Crippen LogP contribution in [0.1, 0.15) is 18.1 Å². The van der Waals surface area contributed by atoms with Crippen LogP contribution in [-0.2, 0) is 10.5 Å². The van der Waals surface area contributed by atoms with Crippen molar-refractivity contribution < 1.29 is 14.6 Å². The van der Waals surface area contributed by atoms with Gasteiger partial charge in [0.25, 0.3) is 0 Å². The van der Waals surface area contributed by atoms with E-state index in [0.29, 0.717) is 17.9 Å². The summed E-state index contributed by atoms with van der Waals surface area (Å²) in [5.41, 5.74) is 2.19. The summed E-state index contributed by atoms with van der Waals surface area (Å²) in [5.74, 6) is 0.935. The van der Waals surface area contributed by atoms with Crippen LogP contribution in [-0.4, -0.2) is 21.2 Å². The van der Waals surface area contributed by atoms with Crippen LogP contribution in [0.25, 0.3) is 6.08 Å². The third kappa shape index (κ3) is 4.63. The van der Waals surface area contributed by atoms with Gasteiger partial charge < -0.3 is 9.84 Å². The normalized spacial score (nSPS) is 15.4. The molecule has 0 saturated heterocycles. The van der Waals surface area contributed by atoms with Crippen molar-refractivity contribution in [3.8, 4) is 11.5 Å². The number of nitrogens with zero attached hydrogens (tertiary/aromatic N) is 1. The number of carbonyl (C=O) groups excluding carboxylic acids is 1. The quantitative estimate of drug-likeness (QED) is 0.679. The number of aromatic hydroxyl groups is 1. The Balaban J connectivity index is 1.78. The maximum absolute atomic E-state index is 12.2. The minimum absolute atomic E-state index is 0.106. The predicted molar refractivity (Wildman–Crippen MR) is 110 cm³/mol. The average Bonchev–Trinajstić information content (AvgIpc) is 2.98. The van der Waals surface area contributed by atoms with Crippen LogP contribution in [0, 0.1) is 0 Å². The van der Waals surface area contributed by atoms with Crippen molar-refractivity contribution in [3.63, 3.8) is 0 Å². The fourth-order valence-electron chi connectivity index (χ4n) is 2.27. The largest absolute Gasteiger partial charge is 0.503 e. The van der Waals surface area contributed by atoms with Gasteiger partial charge in [0.2, 0.25) is 5.12 Å². The molecule has 26 heavy (non-hydrogen) atoms. The first-order valence-corrected chi connectivity index (χ1v) is 10.1. The standard InChI is InChI=1S/C19H16ClNO3S2/c1-2-24-16-10-13(8-14(20)17(16)22)9-15-18(23)26-19(21-15)25-11-12-6-4-3-5-7-12/h3-10,22H,2,11H2,1H3/b15-9-. The van der Waals surface area contributed by atoms with Crippen molar-refractivity contribution in [2.45, 2.75) is 12.7 Å². The van der Waals surface area contributed by atoms with Gasteiger partial charge >= 0.3 is 0 Å². The van der Waals surface area contributed by atoms with E-state index >= 15 is 0 Å². The van der Waals surface area contributed by atoms with E-state index in [1.54, 1.807) is 18.2 Å². The Bertz CT molecular complexity index is 882. The lowest BCUT2D eigenvalue weighted by Crippen LogP contribution is -1.93. The predicted octanol–water partition coefficient (Wildman–Crippen LogP) is 5.35. The molecule has 0 spiro atoms. The number of carbonyl (C=O) groups is 1. The summed E-state index contributed by atoms with van der Waals surface area (Å²) in [6.45, 7) is 2.22. The van der Waals surface area contributed by atoms with Gasteiger partial charge in [-0.15, -0.1) is 0 Å². The number of hydrogen-bond donors (Lipinski definition) is 1. The molecule has 1 aliphatic rings. The van der Waals surface area contributed by atoms with Crippen molar-refractivity contribution >= 4 is 50.7 Å². The van der Waals surface area contributed by atoms with E-state index in [9.17, 15) is 9.90 Å². The van der Waals surface area contributed by atoms with E-state index in [4.69, 9.17) is 16.3 Å². The topological polar surface area (TPSA) is 58.9 Å². The molecule has 1 heterocycles. The van der Waals surface area contributed by atoms with Gasteiger partial charge in [-0.25, -0.2) is 4.99 Å². The Hall–Kier alpha value is -1.89. The summed E-state index contributed by atoms with van der Waals surface area (Å²) in [6.07, 6.45) is 1.65. The SMILES string of the molecule is CCOc1cc(/C=C2\N=C(SCc3ccccc3)SC2=O)cc(Cl)c1O. The third-order valence-corrected chi connectivity index (χ3v) is 5.83. The van der Waals surface area contributed by atoms with Crippen molar-refractivity contribution in [2.24, 2.45) is 4.99 Å². The Morgan fingerprint density at radius 1 is 1.31 bits per heavy atom. The molecular weight excluding hydrogens is 390 g/mol. The first-order valence-electron chi connectivity index (χ1n) is 7.91. The minimum Gasteiger partial charge on any atom is -0.503 e. The zero-order valence-corrected chi connectivity index (χ0v) is 16.3. The molecule has 0 aliphatic carbocycles. The van der Waals surface area contributed by atoms with Crippen LogP contribution in [0.3, 0.4) is 0 Å². The zero-order valence-electron chi connectivity index (χ0n) is 13.9. The molecule has 1 N–H and O–H groups in total. The summed E-state index contributed by atoms with van der Waals surface area (Å²) >= 11 is 8.69. The molecule has 0 bridgehead atoms. The molecular formula is C19H16ClNO3S2. The van der Waals surface area contributed by atoms with Gasteiger partial charge in [-0.2, -0.15) is 0 Å². The lowest BCUT2D eigenvalue weighted by Gasteiger charge is -2.08. The van der Waals surface area contributed by atoms with Crippen molar-refractivity contribution in [1.82, 2.24) is 0 Å². The summed E-state index contributed by atoms with van der Waals surface area (Å²) in [6, 6.07) is 13.2. The number of ether oxygens (including phenoxy) is 1. The number of thioether (sulfide) groups is 2. The molecule has 0 atom stereocenters. The van der Waals surface area contributed by atoms with Gasteiger partial charge in [0.15, 0.2) is 11.5 Å². The summed E-state index contributed by atoms with van der Waals surface area (Å²) in [5, 5.41) is 9.97. The second-order valence-corrected chi connectivity index (χ2v) is 7.94. The molecule has 1 aliphatic heterocycles. The molecule has 0 amide bonds. The Morgan fingerprint density at radius 3 is 2.81 bits per heavy atom. The lowest BCUT2D eigenvalue weighted by molar-refractivity contribution is -0.107. The zero-order chi connectivity index (χ0) is 18.5. The Morgan fingerprint density at radius 2 is 2.08 bits per heavy atom. The van der Waals surface area contributed by atoms with Crippen LogP contribution in [0.2, 0.25) is 5.02 Å². The number of phenolic OH excluding ortho intramolecular Hbond substituents is 1. The van der Waals surface area contributed by atoms with Crippen molar-refractivity contribution in [3.05, 3.63) is 64.3 Å². The Labute approximate surface area is 165 Å². The van der Waals surface area contributed by atoms with E-state index in [1.165, 1.54) is 17.3 Å². The highest BCUT2D eigenvalue weighted by Crippen LogP contribution is 2.37. The highest BCUT2D eigenvalue weighted by molar-refractivity contribution is 8.45. The van der Waals surface area contributed by atoms with Crippen molar-refractivity contribution in [2.75, 3.05) is 6.61 Å². The molecule has 0 saturated carbocycles. The summed E-state index contributed by atoms with van der Waals surface area (Å²) in [7, 11) is 0. The molecule has 2 aromatic rings. The van der Waals surface area contributed by atoms with Crippen LogP contribution >= 0.6 is 35.1 Å². The second kappa shape index (κ2) is 8.66. The fourth-order valence-corrected chi connectivity index (χ4v) is 4.29. The molecule has 0 unspecified atom stereocenters. The Kier molecular flexibility index (Phi) is 6.29. The van der Waals surface area contributed by atoms with Crippen molar-refractivity contribution in [1.29, 1.82) is 0 Å². The highest BCUT2D eigenvalue weighted by Gasteiger charge is 2.23. The molecule has 3 rings (SSSR count). The van der Waals surface area contributed by atoms with Crippen LogP contribution in [0.4, 0.5) is 0 Å². The minimum atomic E-state index is -0.109. The third-order valence-electron chi connectivity index (χ3n) is 3.46. The lowest BCUT2D eigenvalue weighted by atomic mass is 10.1. The first kappa shape index (κ1) is 18.9. The van der Waals surface area contributed by atoms with Gasteiger partial charge in [-0.05, 0) is 48.0 Å². The smallest absolute Gasteiger partial charge is 0.244 e. The van der Waals surface area contributed by atoms with E-state index < -0.39 is 0 Å². The molecule has 4 nitrogen and oxygen atoms in total. The molecule has 134 valence electrons. The van der Waals surface area contributed by atoms with E-state index in [1.807, 2.05) is 37.3 Å². The maximum Gasteiger partial charge on any atom is 0.244 e. The number of benzene rings is 2. The van der Waals surface area contributed by atoms with E-state index in [0.717, 1.165) is 21.9 Å². The maximum atomic E-state index is 12.2. The number of hydrogen-bond acceptors (Lipinski definition) is 6. The molecule has 0 radical (unpaired) electrons. The van der Waals surface area contributed by atoms with Gasteiger partial charge in [-0.3, -0.25) is 4.79 Å². The van der Waals surface area contributed by atoms with E-state index in [2.05, 4.69) is 4.99 Å². The number of phenols is 1. The molecule has 0 fully saturated rings. The van der Waals surface area contributed by atoms with Gasteiger partial charge in [0.05, 0.1) is 11.6 Å². The molecule has 0 aromatic heterocycles. The van der Waals surface area contributed by atoms with Gasteiger partial charge in [-0.1, -0.05) is 53.7 Å². The van der Waals surface area contributed by atoms with Gasteiger partial charge in [0.1, 0.15) is 10.1 Å². The molecule has 7 heteroatoms. The monoisotopic (exact) mass is 405 g/mol. The number of halogens is 1.